The quantitative estimate of drug-likeness (QED) is 0.803. The molecule has 1 N–H and O–H groups in total. The van der Waals surface area contributed by atoms with E-state index in [4.69, 9.17) is 4.74 Å². The van der Waals surface area contributed by atoms with Gasteiger partial charge in [0.2, 0.25) is 5.91 Å². The number of ether oxygens (including phenoxy) is 1. The van der Waals surface area contributed by atoms with Crippen molar-refractivity contribution in [2.24, 2.45) is 0 Å². The second-order valence-electron chi connectivity index (χ2n) is 7.95. The van der Waals surface area contributed by atoms with Crippen molar-refractivity contribution in [2.45, 2.75) is 51.8 Å². The molecule has 2 aliphatic rings. The van der Waals surface area contributed by atoms with Crippen LogP contribution in [0.5, 0.6) is 5.75 Å². The number of fused-ring (bicyclic) bond motifs is 1. The lowest BCUT2D eigenvalue weighted by Gasteiger charge is -2.29. The second-order valence-corrected chi connectivity index (χ2v) is 7.95. The highest BCUT2D eigenvalue weighted by Crippen LogP contribution is 2.31. The van der Waals surface area contributed by atoms with Crippen molar-refractivity contribution >= 4 is 11.8 Å². The second kappa shape index (κ2) is 8.49. The summed E-state index contributed by atoms with van der Waals surface area (Å²) >= 11 is 0. The fraction of sp³-hybridized carbons (Fsp3) is 0.455. The summed E-state index contributed by atoms with van der Waals surface area (Å²) in [6.07, 6.45) is 0.966. The number of nitrogens with zero attached hydrogens (tertiary/aromatic N) is 3. The molecule has 0 unspecified atom stereocenters. The lowest BCUT2D eigenvalue weighted by molar-refractivity contribution is -0.139. The molecule has 1 saturated heterocycles. The van der Waals surface area contributed by atoms with Gasteiger partial charge in [0.15, 0.2) is 17.7 Å². The van der Waals surface area contributed by atoms with Crippen LogP contribution in [0.25, 0.3) is 0 Å². The molecule has 0 saturated carbocycles. The van der Waals surface area contributed by atoms with E-state index in [0.717, 1.165) is 6.42 Å². The number of benzene rings is 1. The predicted octanol–water partition coefficient (Wildman–Crippen LogP) is 1.94. The summed E-state index contributed by atoms with van der Waals surface area (Å²) in [5.41, 5.74) is 0.946. The van der Waals surface area contributed by atoms with Crippen LogP contribution in [0, 0.1) is 5.82 Å². The fourth-order valence-corrected chi connectivity index (χ4v) is 4.21. The molecular formula is C22H25FN4O4. The van der Waals surface area contributed by atoms with Crippen molar-refractivity contribution < 1.29 is 18.7 Å². The molecule has 0 aliphatic carbocycles. The van der Waals surface area contributed by atoms with Crippen LogP contribution in [0.3, 0.4) is 0 Å². The Morgan fingerprint density at radius 2 is 2.06 bits per heavy atom. The summed E-state index contributed by atoms with van der Waals surface area (Å²) in [6, 6.07) is 5.54. The number of carbonyl (C=O) groups is 2. The Morgan fingerprint density at radius 1 is 1.29 bits per heavy atom. The number of H-pyrrole nitrogens is 1. The maximum absolute atomic E-state index is 13.9. The molecule has 0 bridgehead atoms. The van der Waals surface area contributed by atoms with Gasteiger partial charge in [0.1, 0.15) is 5.82 Å². The largest absolute Gasteiger partial charge is 0.478 e. The molecule has 2 amide bonds. The van der Waals surface area contributed by atoms with Crippen molar-refractivity contribution in [2.75, 3.05) is 13.1 Å². The van der Waals surface area contributed by atoms with Gasteiger partial charge in [-0.15, -0.1) is 0 Å². The van der Waals surface area contributed by atoms with Crippen molar-refractivity contribution in [3.05, 3.63) is 57.5 Å². The normalized spacial score (nSPS) is 19.1. The number of halogens is 1. The molecule has 8 nitrogen and oxygen atoms in total. The number of aromatic nitrogens is 2. The SMILES string of the molecule is CC(=O)N1CCc2c(nc([C@@H]3CCCN3C(=O)[C@H](C)Oc3ccccc3F)[nH]c2=O)C1. The zero-order valence-electron chi connectivity index (χ0n) is 17.6. The van der Waals surface area contributed by atoms with Gasteiger partial charge in [-0.1, -0.05) is 12.1 Å². The van der Waals surface area contributed by atoms with Crippen LogP contribution in [0.2, 0.25) is 0 Å². The van der Waals surface area contributed by atoms with Crippen molar-refractivity contribution in [3.63, 3.8) is 0 Å². The summed E-state index contributed by atoms with van der Waals surface area (Å²) in [5.74, 6) is -0.458. The minimum absolute atomic E-state index is 0.0173. The number of hydrogen-bond acceptors (Lipinski definition) is 5. The molecule has 2 aromatic rings. The Labute approximate surface area is 179 Å². The molecule has 1 aromatic carbocycles. The molecule has 3 heterocycles. The fourth-order valence-electron chi connectivity index (χ4n) is 4.21. The Bertz CT molecular complexity index is 1070. The molecule has 9 heteroatoms. The smallest absolute Gasteiger partial charge is 0.263 e. The molecule has 1 aromatic heterocycles. The summed E-state index contributed by atoms with van der Waals surface area (Å²) in [4.78, 5) is 48.2. The minimum atomic E-state index is -0.893. The monoisotopic (exact) mass is 428 g/mol. The summed E-state index contributed by atoms with van der Waals surface area (Å²) in [5, 5.41) is 0. The van der Waals surface area contributed by atoms with Crippen LogP contribution in [-0.2, 0) is 22.6 Å². The van der Waals surface area contributed by atoms with Crippen LogP contribution >= 0.6 is 0 Å². The lowest BCUT2D eigenvalue weighted by atomic mass is 10.1. The molecule has 2 aliphatic heterocycles. The number of para-hydroxylation sites is 1. The number of amides is 2. The summed E-state index contributed by atoms with van der Waals surface area (Å²) in [7, 11) is 0. The van der Waals surface area contributed by atoms with E-state index < -0.39 is 18.0 Å². The Kier molecular flexibility index (Phi) is 5.75. The summed E-state index contributed by atoms with van der Waals surface area (Å²) in [6.45, 7) is 4.35. The van der Waals surface area contributed by atoms with E-state index in [9.17, 15) is 18.8 Å². The zero-order chi connectivity index (χ0) is 22.1. The Hall–Kier alpha value is -3.23. The van der Waals surface area contributed by atoms with Gasteiger partial charge >= 0.3 is 0 Å². The van der Waals surface area contributed by atoms with Gasteiger partial charge < -0.3 is 19.5 Å². The van der Waals surface area contributed by atoms with Gasteiger partial charge in [-0.05, 0) is 38.3 Å². The van der Waals surface area contributed by atoms with E-state index in [2.05, 4.69) is 9.97 Å². The maximum atomic E-state index is 13.9. The average Bonchev–Trinajstić information content (AvgIpc) is 3.24. The number of nitrogens with one attached hydrogen (secondary N) is 1. The van der Waals surface area contributed by atoms with Gasteiger partial charge in [0.05, 0.1) is 18.3 Å². The average molecular weight is 428 g/mol. The van der Waals surface area contributed by atoms with Gasteiger partial charge in [0, 0.05) is 25.6 Å². The van der Waals surface area contributed by atoms with E-state index in [1.165, 1.54) is 19.1 Å². The van der Waals surface area contributed by atoms with Crippen molar-refractivity contribution in [1.82, 2.24) is 19.8 Å². The third-order valence-corrected chi connectivity index (χ3v) is 5.88. The first-order chi connectivity index (χ1) is 14.8. The Balaban J connectivity index is 1.56. The molecular weight excluding hydrogens is 403 g/mol. The number of hydrogen-bond donors (Lipinski definition) is 1. The van der Waals surface area contributed by atoms with Gasteiger partial charge in [-0.2, -0.15) is 0 Å². The molecule has 31 heavy (non-hydrogen) atoms. The Morgan fingerprint density at radius 3 is 2.81 bits per heavy atom. The first-order valence-corrected chi connectivity index (χ1v) is 10.4. The first kappa shape index (κ1) is 21.0. The van der Waals surface area contributed by atoms with Crippen LogP contribution in [0.1, 0.15) is 49.8 Å². The van der Waals surface area contributed by atoms with Crippen molar-refractivity contribution in [1.29, 1.82) is 0 Å². The van der Waals surface area contributed by atoms with Gasteiger partial charge in [-0.25, -0.2) is 9.37 Å². The van der Waals surface area contributed by atoms with E-state index >= 15 is 0 Å². The molecule has 0 radical (unpaired) electrons. The van der Waals surface area contributed by atoms with Crippen molar-refractivity contribution in [3.8, 4) is 5.75 Å². The van der Waals surface area contributed by atoms with Crippen LogP contribution in [0.4, 0.5) is 4.39 Å². The molecule has 2 atom stereocenters. The third-order valence-electron chi connectivity index (χ3n) is 5.88. The van der Waals surface area contributed by atoms with Crippen LogP contribution < -0.4 is 10.3 Å². The summed E-state index contributed by atoms with van der Waals surface area (Å²) < 4.78 is 19.5. The number of rotatable bonds is 4. The van der Waals surface area contributed by atoms with E-state index in [0.29, 0.717) is 43.0 Å². The predicted molar refractivity (Wildman–Crippen MR) is 110 cm³/mol. The van der Waals surface area contributed by atoms with E-state index in [-0.39, 0.29) is 29.7 Å². The van der Waals surface area contributed by atoms with E-state index in [1.807, 2.05) is 0 Å². The van der Waals surface area contributed by atoms with Gasteiger partial charge in [-0.3, -0.25) is 14.4 Å². The van der Waals surface area contributed by atoms with Crippen LogP contribution in [0.15, 0.2) is 29.1 Å². The highest BCUT2D eigenvalue weighted by atomic mass is 19.1. The maximum Gasteiger partial charge on any atom is 0.263 e. The number of likely N-dealkylation sites (tertiary alicyclic amines) is 1. The lowest BCUT2D eigenvalue weighted by Crippen LogP contribution is -2.42. The highest BCUT2D eigenvalue weighted by molar-refractivity contribution is 5.81. The molecule has 1 fully saturated rings. The molecule has 0 spiro atoms. The zero-order valence-corrected chi connectivity index (χ0v) is 17.6. The minimum Gasteiger partial charge on any atom is -0.478 e. The topological polar surface area (TPSA) is 95.6 Å². The van der Waals surface area contributed by atoms with E-state index in [1.54, 1.807) is 28.9 Å². The molecule has 164 valence electrons. The third kappa shape index (κ3) is 4.17. The van der Waals surface area contributed by atoms with Gasteiger partial charge in [0.25, 0.3) is 11.5 Å². The first-order valence-electron chi connectivity index (χ1n) is 10.4. The number of carbonyl (C=O) groups excluding carboxylic acids is 2. The standard InChI is InChI=1S/C22H25FN4O4/c1-13(31-19-8-4-3-6-16(19)23)22(30)27-10-5-7-18(27)20-24-17-12-26(14(2)28)11-9-15(17)21(29)25-20/h3-4,6,8,13,18H,5,7,9-12H2,1-2H3,(H,24,25,29)/t13-,18-/m0/s1. The van der Waals surface area contributed by atoms with Crippen LogP contribution in [-0.4, -0.2) is 50.8 Å². The molecule has 4 rings (SSSR count). The highest BCUT2D eigenvalue weighted by Gasteiger charge is 2.36. The number of aromatic amines is 1.